The summed E-state index contributed by atoms with van der Waals surface area (Å²) in [6.45, 7) is 4.80. The summed E-state index contributed by atoms with van der Waals surface area (Å²) >= 11 is 0. The Morgan fingerprint density at radius 2 is 2.28 bits per heavy atom. The van der Waals surface area contributed by atoms with Crippen LogP contribution in [-0.4, -0.2) is 34.6 Å². The van der Waals surface area contributed by atoms with E-state index >= 15 is 0 Å². The average Bonchev–Trinajstić information content (AvgIpc) is 2.70. The summed E-state index contributed by atoms with van der Waals surface area (Å²) in [4.78, 5) is 6.51. The van der Waals surface area contributed by atoms with E-state index in [1.807, 2.05) is 16.7 Å². The number of hydrogen-bond acceptors (Lipinski definition) is 4. The van der Waals surface area contributed by atoms with Gasteiger partial charge in [-0.2, -0.15) is 5.26 Å². The minimum atomic E-state index is 0.504. The lowest BCUT2D eigenvalue weighted by Crippen LogP contribution is -2.23. The van der Waals surface area contributed by atoms with E-state index in [4.69, 9.17) is 11.0 Å². The lowest BCUT2D eigenvalue weighted by atomic mass is 10.2. The van der Waals surface area contributed by atoms with Crippen LogP contribution in [0.5, 0.6) is 0 Å². The fourth-order valence-electron chi connectivity index (χ4n) is 1.87. The number of hydrogen-bond donors (Lipinski definition) is 1. The predicted molar refractivity (Wildman–Crippen MR) is 72.0 cm³/mol. The van der Waals surface area contributed by atoms with E-state index in [1.165, 1.54) is 0 Å². The van der Waals surface area contributed by atoms with E-state index < -0.39 is 0 Å². The van der Waals surface area contributed by atoms with Gasteiger partial charge in [0.1, 0.15) is 0 Å². The summed E-state index contributed by atoms with van der Waals surface area (Å²) < 4.78 is 1.96. The van der Waals surface area contributed by atoms with E-state index in [2.05, 4.69) is 29.9 Å². The van der Waals surface area contributed by atoms with Gasteiger partial charge in [-0.15, -0.1) is 0 Å². The van der Waals surface area contributed by atoms with Crippen LogP contribution in [0.1, 0.15) is 12.5 Å². The maximum Gasteiger partial charge on any atom is 0.201 e. The molecule has 0 saturated carbocycles. The maximum absolute atomic E-state index is 8.93. The fourth-order valence-corrected chi connectivity index (χ4v) is 1.87. The van der Waals surface area contributed by atoms with Crippen molar-refractivity contribution in [2.24, 2.45) is 0 Å². The Morgan fingerprint density at radius 1 is 1.50 bits per heavy atom. The third-order valence-electron chi connectivity index (χ3n) is 3.15. The number of likely N-dealkylation sites (N-methyl/N-ethyl adjacent to an activating group) is 1. The molecule has 0 amide bonds. The largest absolute Gasteiger partial charge is 0.369 e. The Bertz CT molecular complexity index is 593. The number of benzene rings is 1. The third kappa shape index (κ3) is 2.29. The molecular formula is C13H17N5. The van der Waals surface area contributed by atoms with Gasteiger partial charge in [0, 0.05) is 13.1 Å². The van der Waals surface area contributed by atoms with Crippen LogP contribution in [0.15, 0.2) is 18.2 Å². The molecule has 5 heteroatoms. The second-order valence-corrected chi connectivity index (χ2v) is 4.33. The van der Waals surface area contributed by atoms with Gasteiger partial charge in [-0.25, -0.2) is 4.98 Å². The highest BCUT2D eigenvalue weighted by Gasteiger charge is 2.09. The van der Waals surface area contributed by atoms with E-state index in [0.29, 0.717) is 11.5 Å². The van der Waals surface area contributed by atoms with Gasteiger partial charge in [-0.1, -0.05) is 6.92 Å². The van der Waals surface area contributed by atoms with Crippen LogP contribution in [0.25, 0.3) is 11.0 Å². The van der Waals surface area contributed by atoms with Gasteiger partial charge < -0.3 is 15.2 Å². The molecular weight excluding hydrogens is 226 g/mol. The third-order valence-corrected chi connectivity index (χ3v) is 3.15. The summed E-state index contributed by atoms with van der Waals surface area (Å²) in [5.74, 6) is 0.504. The Balaban J connectivity index is 2.36. The number of aromatic nitrogens is 2. The van der Waals surface area contributed by atoms with Crippen molar-refractivity contribution >= 4 is 17.0 Å². The summed E-state index contributed by atoms with van der Waals surface area (Å²) in [6.07, 6.45) is 0. The number of rotatable bonds is 4. The number of nitrogens with zero attached hydrogens (tertiary/aromatic N) is 4. The normalized spacial score (nSPS) is 11.0. The lowest BCUT2D eigenvalue weighted by molar-refractivity contribution is 0.338. The van der Waals surface area contributed by atoms with E-state index in [9.17, 15) is 0 Å². The molecule has 18 heavy (non-hydrogen) atoms. The van der Waals surface area contributed by atoms with Crippen molar-refractivity contribution in [1.82, 2.24) is 14.5 Å². The standard InChI is InChI=1S/C13H17N5/c1-3-17(2)6-7-18-12-8-10(9-14)4-5-11(12)16-13(18)15/h4-5,8H,3,6-7H2,1-2H3,(H2,15,16). The molecule has 1 heterocycles. The molecule has 94 valence electrons. The second kappa shape index (κ2) is 5.07. The van der Waals surface area contributed by atoms with Gasteiger partial charge >= 0.3 is 0 Å². The monoisotopic (exact) mass is 243 g/mol. The Morgan fingerprint density at radius 3 is 2.94 bits per heavy atom. The van der Waals surface area contributed by atoms with E-state index in [-0.39, 0.29) is 0 Å². The molecule has 0 spiro atoms. The number of imidazole rings is 1. The molecule has 2 N–H and O–H groups in total. The number of nitrogens with two attached hydrogens (primary N) is 1. The van der Waals surface area contributed by atoms with Crippen molar-refractivity contribution in [2.45, 2.75) is 13.5 Å². The SMILES string of the molecule is CCN(C)CCn1c(N)nc2ccc(C#N)cc21. The zero-order valence-corrected chi connectivity index (χ0v) is 10.7. The van der Waals surface area contributed by atoms with Crippen LogP contribution < -0.4 is 5.73 Å². The highest BCUT2D eigenvalue weighted by Crippen LogP contribution is 2.19. The van der Waals surface area contributed by atoms with Crippen molar-refractivity contribution in [1.29, 1.82) is 5.26 Å². The van der Waals surface area contributed by atoms with Gasteiger partial charge in [0.25, 0.3) is 0 Å². The Hall–Kier alpha value is -2.06. The minimum Gasteiger partial charge on any atom is -0.369 e. The number of nitriles is 1. The lowest BCUT2D eigenvalue weighted by Gasteiger charge is -2.15. The van der Waals surface area contributed by atoms with Gasteiger partial charge in [0.15, 0.2) is 0 Å². The van der Waals surface area contributed by atoms with Crippen molar-refractivity contribution in [3.05, 3.63) is 23.8 Å². The van der Waals surface area contributed by atoms with E-state index in [0.717, 1.165) is 30.7 Å². The molecule has 1 aromatic carbocycles. The minimum absolute atomic E-state index is 0.504. The molecule has 0 fully saturated rings. The van der Waals surface area contributed by atoms with Crippen molar-refractivity contribution in [3.8, 4) is 6.07 Å². The summed E-state index contributed by atoms with van der Waals surface area (Å²) in [6, 6.07) is 7.58. The molecule has 0 atom stereocenters. The van der Waals surface area contributed by atoms with Crippen LogP contribution in [0.4, 0.5) is 5.95 Å². The first-order valence-corrected chi connectivity index (χ1v) is 6.00. The zero-order chi connectivity index (χ0) is 13.1. The first-order chi connectivity index (χ1) is 8.65. The van der Waals surface area contributed by atoms with Crippen LogP contribution in [0, 0.1) is 11.3 Å². The van der Waals surface area contributed by atoms with Gasteiger partial charge in [0.05, 0.1) is 22.7 Å². The zero-order valence-electron chi connectivity index (χ0n) is 10.7. The number of nitrogen functional groups attached to an aromatic ring is 1. The predicted octanol–water partition coefficient (Wildman–Crippen LogP) is 1.44. The quantitative estimate of drug-likeness (QED) is 0.882. The number of fused-ring (bicyclic) bond motifs is 1. The van der Waals surface area contributed by atoms with Crippen LogP contribution in [0.3, 0.4) is 0 Å². The molecule has 0 unspecified atom stereocenters. The fraction of sp³-hybridized carbons (Fsp3) is 0.385. The van der Waals surface area contributed by atoms with Crippen LogP contribution in [0.2, 0.25) is 0 Å². The molecule has 2 rings (SSSR count). The number of anilines is 1. The van der Waals surface area contributed by atoms with E-state index in [1.54, 1.807) is 6.07 Å². The van der Waals surface area contributed by atoms with Gasteiger partial charge in [-0.3, -0.25) is 0 Å². The molecule has 0 aliphatic carbocycles. The molecule has 5 nitrogen and oxygen atoms in total. The average molecular weight is 243 g/mol. The molecule has 0 radical (unpaired) electrons. The van der Waals surface area contributed by atoms with Crippen LogP contribution in [-0.2, 0) is 6.54 Å². The molecule has 0 aliphatic rings. The van der Waals surface area contributed by atoms with Crippen LogP contribution >= 0.6 is 0 Å². The summed E-state index contributed by atoms with van der Waals surface area (Å²) in [7, 11) is 2.07. The molecule has 1 aromatic heterocycles. The van der Waals surface area contributed by atoms with Crippen molar-refractivity contribution in [2.75, 3.05) is 25.9 Å². The topological polar surface area (TPSA) is 70.9 Å². The highest BCUT2D eigenvalue weighted by atomic mass is 15.2. The Labute approximate surface area is 106 Å². The molecule has 0 saturated heterocycles. The summed E-state index contributed by atoms with van der Waals surface area (Å²) in [5, 5.41) is 8.93. The smallest absolute Gasteiger partial charge is 0.201 e. The first-order valence-electron chi connectivity index (χ1n) is 6.00. The second-order valence-electron chi connectivity index (χ2n) is 4.33. The maximum atomic E-state index is 8.93. The van der Waals surface area contributed by atoms with Crippen molar-refractivity contribution < 1.29 is 0 Å². The molecule has 0 aliphatic heterocycles. The highest BCUT2D eigenvalue weighted by molar-refractivity contribution is 5.79. The Kier molecular flexibility index (Phi) is 3.49. The van der Waals surface area contributed by atoms with Crippen molar-refractivity contribution in [3.63, 3.8) is 0 Å². The van der Waals surface area contributed by atoms with Gasteiger partial charge in [-0.05, 0) is 31.8 Å². The molecule has 2 aromatic rings. The summed E-state index contributed by atoms with van der Waals surface area (Å²) in [5.41, 5.74) is 8.32. The first kappa shape index (κ1) is 12.4. The molecule has 0 bridgehead atoms. The van der Waals surface area contributed by atoms with Gasteiger partial charge in [0.2, 0.25) is 5.95 Å².